The molecule has 146 valence electrons. The lowest BCUT2D eigenvalue weighted by Gasteiger charge is -2.33. The van der Waals surface area contributed by atoms with E-state index in [1.807, 2.05) is 0 Å². The number of nitrogens with one attached hydrogen (secondary N) is 1. The molecule has 0 radical (unpaired) electrons. The first-order chi connectivity index (χ1) is 13.0. The Bertz CT molecular complexity index is 719. The fourth-order valence-electron chi connectivity index (χ4n) is 3.66. The lowest BCUT2D eigenvalue weighted by atomic mass is 9.95. The van der Waals surface area contributed by atoms with Crippen molar-refractivity contribution in [2.45, 2.75) is 45.4 Å². The van der Waals surface area contributed by atoms with Crippen molar-refractivity contribution >= 4 is 17.7 Å². The molecule has 0 bridgehead atoms. The van der Waals surface area contributed by atoms with Gasteiger partial charge in [-0.05, 0) is 57.1 Å². The summed E-state index contributed by atoms with van der Waals surface area (Å²) in [4.78, 5) is 43.2. The predicted molar refractivity (Wildman–Crippen MR) is 101 cm³/mol. The number of carbonyl (C=O) groups excluding carboxylic acids is 3. The number of urea groups is 1. The van der Waals surface area contributed by atoms with Crippen LogP contribution in [0.4, 0.5) is 4.79 Å². The Morgan fingerprint density at radius 2 is 2.00 bits per heavy atom. The molecule has 3 rings (SSSR count). The second-order valence-corrected chi connectivity index (χ2v) is 7.39. The van der Waals surface area contributed by atoms with Crippen LogP contribution in [0.25, 0.3) is 0 Å². The molecular formula is C20H28N4O3. The minimum atomic E-state index is -0.218. The van der Waals surface area contributed by atoms with Gasteiger partial charge in [0.15, 0.2) is 0 Å². The van der Waals surface area contributed by atoms with Crippen LogP contribution in [0.2, 0.25) is 0 Å². The maximum Gasteiger partial charge on any atom is 0.317 e. The van der Waals surface area contributed by atoms with E-state index in [9.17, 15) is 14.4 Å². The molecule has 1 aliphatic carbocycles. The van der Waals surface area contributed by atoms with Crippen LogP contribution in [0.15, 0.2) is 12.1 Å². The minimum absolute atomic E-state index is 0.0332. The fraction of sp³-hybridized carbons (Fsp3) is 0.600. The summed E-state index contributed by atoms with van der Waals surface area (Å²) in [6.07, 6.45) is 6.33. The number of amides is 3. The van der Waals surface area contributed by atoms with Gasteiger partial charge in [-0.15, -0.1) is 0 Å². The number of ketones is 1. The molecule has 7 heteroatoms. The lowest BCUT2D eigenvalue weighted by Crippen LogP contribution is -2.55. The molecule has 0 unspecified atom stereocenters. The number of carbonyl (C=O) groups is 3. The molecule has 7 nitrogen and oxygen atoms in total. The number of hydrogen-bond acceptors (Lipinski definition) is 4. The largest absolute Gasteiger partial charge is 0.338 e. The second kappa shape index (κ2) is 8.97. The first-order valence-electron chi connectivity index (χ1n) is 9.80. The van der Waals surface area contributed by atoms with Gasteiger partial charge < -0.3 is 15.1 Å². The molecule has 27 heavy (non-hydrogen) atoms. The highest BCUT2D eigenvalue weighted by Crippen LogP contribution is 2.19. The van der Waals surface area contributed by atoms with Crippen LogP contribution in [-0.4, -0.2) is 65.2 Å². The summed E-state index contributed by atoms with van der Waals surface area (Å²) in [5, 5.41) is 2.88. The third-order valence-corrected chi connectivity index (χ3v) is 5.14. The van der Waals surface area contributed by atoms with Crippen molar-refractivity contribution in [1.29, 1.82) is 0 Å². The number of Topliss-reactive ketones (excluding diaryl/α,β-unsaturated/α-hetero) is 1. The molecule has 1 fully saturated rings. The molecule has 2 heterocycles. The Hall–Kier alpha value is -2.44. The average molecular weight is 372 g/mol. The Balaban J connectivity index is 1.39. The number of rotatable bonds is 6. The number of aryl methyl sites for hydroxylation is 3. The zero-order chi connectivity index (χ0) is 19.2. The van der Waals surface area contributed by atoms with E-state index in [0.29, 0.717) is 19.6 Å². The van der Waals surface area contributed by atoms with Gasteiger partial charge in [-0.25, -0.2) is 4.79 Å². The number of piperazine rings is 1. The van der Waals surface area contributed by atoms with Gasteiger partial charge in [0.05, 0.1) is 6.54 Å². The highest BCUT2D eigenvalue weighted by atomic mass is 16.2. The van der Waals surface area contributed by atoms with E-state index < -0.39 is 0 Å². The van der Waals surface area contributed by atoms with Gasteiger partial charge in [0.1, 0.15) is 12.3 Å². The summed E-state index contributed by atoms with van der Waals surface area (Å²) in [7, 11) is 0. The number of nitrogens with zero attached hydrogens (tertiary/aromatic N) is 3. The van der Waals surface area contributed by atoms with Gasteiger partial charge in [0.2, 0.25) is 5.91 Å². The van der Waals surface area contributed by atoms with E-state index in [0.717, 1.165) is 31.4 Å². The van der Waals surface area contributed by atoms with Crippen LogP contribution in [0, 0.1) is 0 Å². The first kappa shape index (κ1) is 19.3. The number of aromatic nitrogens is 1. The van der Waals surface area contributed by atoms with E-state index >= 15 is 0 Å². The van der Waals surface area contributed by atoms with Gasteiger partial charge >= 0.3 is 6.03 Å². The normalized spacial score (nSPS) is 16.9. The van der Waals surface area contributed by atoms with Crippen LogP contribution in [0.3, 0.4) is 0 Å². The fourth-order valence-corrected chi connectivity index (χ4v) is 3.66. The zero-order valence-corrected chi connectivity index (χ0v) is 16.0. The van der Waals surface area contributed by atoms with Crippen LogP contribution >= 0.6 is 0 Å². The van der Waals surface area contributed by atoms with Crippen molar-refractivity contribution < 1.29 is 14.4 Å². The van der Waals surface area contributed by atoms with E-state index in [4.69, 9.17) is 4.98 Å². The lowest BCUT2D eigenvalue weighted by molar-refractivity contribution is -0.138. The standard InChI is InChI=1S/C20H28N4O3/c1-15(25)13-23-11-12-24(14-19(23)26)20(27)21-10-4-6-17-9-8-16-5-2-3-7-18(16)22-17/h8-9H,2-7,10-14H2,1H3,(H,21,27). The molecule has 1 saturated heterocycles. The monoisotopic (exact) mass is 372 g/mol. The summed E-state index contributed by atoms with van der Waals surface area (Å²) in [5.41, 5.74) is 3.70. The topological polar surface area (TPSA) is 82.6 Å². The van der Waals surface area contributed by atoms with E-state index in [1.165, 1.54) is 40.8 Å². The average Bonchev–Trinajstić information content (AvgIpc) is 2.66. The quantitative estimate of drug-likeness (QED) is 0.764. The SMILES string of the molecule is CC(=O)CN1CCN(C(=O)NCCCc2ccc3c(n2)CCCC3)CC1=O. The van der Waals surface area contributed by atoms with Gasteiger partial charge in [-0.1, -0.05) is 6.07 Å². The van der Waals surface area contributed by atoms with Gasteiger partial charge in [-0.2, -0.15) is 0 Å². The smallest absolute Gasteiger partial charge is 0.317 e. The summed E-state index contributed by atoms with van der Waals surface area (Å²) < 4.78 is 0. The molecule has 3 amide bonds. The first-order valence-corrected chi connectivity index (χ1v) is 9.80. The van der Waals surface area contributed by atoms with Crippen LogP contribution in [0.1, 0.15) is 43.1 Å². The summed E-state index contributed by atoms with van der Waals surface area (Å²) >= 11 is 0. The van der Waals surface area contributed by atoms with Crippen molar-refractivity contribution in [1.82, 2.24) is 20.1 Å². The summed E-state index contributed by atoms with van der Waals surface area (Å²) in [6.45, 7) is 3.04. The Morgan fingerprint density at radius 1 is 1.19 bits per heavy atom. The van der Waals surface area contributed by atoms with Crippen molar-refractivity contribution in [3.05, 3.63) is 29.1 Å². The maximum absolute atomic E-state index is 12.2. The van der Waals surface area contributed by atoms with Crippen molar-refractivity contribution in [2.24, 2.45) is 0 Å². The number of pyridine rings is 1. The Kier molecular flexibility index (Phi) is 6.42. The molecule has 1 aliphatic heterocycles. The molecule has 1 aromatic rings. The highest BCUT2D eigenvalue weighted by Gasteiger charge is 2.27. The summed E-state index contributed by atoms with van der Waals surface area (Å²) in [6, 6.07) is 4.07. The van der Waals surface area contributed by atoms with Crippen LogP contribution in [0.5, 0.6) is 0 Å². The molecule has 0 aromatic carbocycles. The highest BCUT2D eigenvalue weighted by molar-refractivity contribution is 5.88. The van der Waals surface area contributed by atoms with Gasteiger partial charge in [0, 0.05) is 31.0 Å². The summed E-state index contributed by atoms with van der Waals surface area (Å²) in [5.74, 6) is -0.220. The second-order valence-electron chi connectivity index (χ2n) is 7.39. The zero-order valence-electron chi connectivity index (χ0n) is 16.0. The predicted octanol–water partition coefficient (Wildman–Crippen LogP) is 1.34. The van der Waals surface area contributed by atoms with E-state index in [-0.39, 0.29) is 30.8 Å². The van der Waals surface area contributed by atoms with Gasteiger partial charge in [-0.3, -0.25) is 14.6 Å². The molecule has 0 atom stereocenters. The molecule has 0 saturated carbocycles. The molecule has 1 aromatic heterocycles. The minimum Gasteiger partial charge on any atom is -0.338 e. The molecule has 1 N–H and O–H groups in total. The molecular weight excluding hydrogens is 344 g/mol. The maximum atomic E-state index is 12.2. The van der Waals surface area contributed by atoms with E-state index in [2.05, 4.69) is 17.4 Å². The Morgan fingerprint density at radius 3 is 2.78 bits per heavy atom. The van der Waals surface area contributed by atoms with Crippen molar-refractivity contribution in [2.75, 3.05) is 32.7 Å². The van der Waals surface area contributed by atoms with Crippen LogP contribution in [-0.2, 0) is 28.9 Å². The van der Waals surface area contributed by atoms with Crippen molar-refractivity contribution in [3.63, 3.8) is 0 Å². The Labute approximate surface area is 160 Å². The van der Waals surface area contributed by atoms with Crippen LogP contribution < -0.4 is 5.32 Å². The van der Waals surface area contributed by atoms with Gasteiger partial charge in [0.25, 0.3) is 0 Å². The van der Waals surface area contributed by atoms with Crippen molar-refractivity contribution in [3.8, 4) is 0 Å². The number of fused-ring (bicyclic) bond motifs is 1. The third kappa shape index (κ3) is 5.28. The number of hydrogen-bond donors (Lipinski definition) is 1. The molecule has 2 aliphatic rings. The third-order valence-electron chi connectivity index (χ3n) is 5.14. The van der Waals surface area contributed by atoms with E-state index in [1.54, 1.807) is 0 Å². The molecule has 0 spiro atoms.